The number of aromatic nitrogens is 3. The lowest BCUT2D eigenvalue weighted by molar-refractivity contribution is -0.121. The lowest BCUT2D eigenvalue weighted by atomic mass is 10.0. The zero-order valence-corrected chi connectivity index (χ0v) is 18.3. The van der Waals surface area contributed by atoms with Gasteiger partial charge in [-0.25, -0.2) is 0 Å². The normalized spacial score (nSPS) is 11.9. The van der Waals surface area contributed by atoms with E-state index in [4.69, 9.17) is 17.0 Å². The molecule has 31 heavy (non-hydrogen) atoms. The molecule has 1 amide bonds. The van der Waals surface area contributed by atoms with Gasteiger partial charge in [-0.05, 0) is 65.8 Å². The number of carbonyl (C=O) groups excluding carboxylic acids is 1. The van der Waals surface area contributed by atoms with Crippen molar-refractivity contribution >= 4 is 28.9 Å². The van der Waals surface area contributed by atoms with Crippen molar-refractivity contribution in [1.82, 2.24) is 20.1 Å². The van der Waals surface area contributed by atoms with Gasteiger partial charge < -0.3 is 10.1 Å². The second-order valence-electron chi connectivity index (χ2n) is 7.38. The first-order chi connectivity index (χ1) is 15.0. The van der Waals surface area contributed by atoms with Crippen molar-refractivity contribution in [2.75, 3.05) is 7.11 Å². The van der Waals surface area contributed by atoms with Gasteiger partial charge in [0, 0.05) is 18.5 Å². The van der Waals surface area contributed by atoms with E-state index in [9.17, 15) is 4.79 Å². The van der Waals surface area contributed by atoms with Gasteiger partial charge in [-0.3, -0.25) is 14.5 Å². The predicted octanol–water partition coefficient (Wildman–Crippen LogP) is 5.04. The molecule has 4 rings (SSSR count). The highest BCUT2D eigenvalue weighted by Gasteiger charge is 2.13. The molecule has 1 heterocycles. The van der Waals surface area contributed by atoms with Crippen molar-refractivity contribution in [2.24, 2.45) is 0 Å². The number of hydrogen-bond donors (Lipinski definition) is 2. The second-order valence-corrected chi connectivity index (χ2v) is 7.76. The van der Waals surface area contributed by atoms with Crippen molar-refractivity contribution in [1.29, 1.82) is 0 Å². The van der Waals surface area contributed by atoms with E-state index in [0.29, 0.717) is 23.6 Å². The van der Waals surface area contributed by atoms with Crippen LogP contribution in [0, 0.1) is 4.77 Å². The quantitative estimate of drug-likeness (QED) is 0.402. The molecule has 0 aliphatic rings. The number of methoxy groups -OCH3 is 1. The summed E-state index contributed by atoms with van der Waals surface area (Å²) in [5, 5.41) is 12.6. The Morgan fingerprint density at radius 3 is 2.61 bits per heavy atom. The van der Waals surface area contributed by atoms with Crippen LogP contribution in [-0.2, 0) is 11.3 Å². The van der Waals surface area contributed by atoms with Crippen LogP contribution in [-0.4, -0.2) is 27.8 Å². The third-order valence-electron chi connectivity index (χ3n) is 5.32. The molecule has 1 aromatic heterocycles. The van der Waals surface area contributed by atoms with Gasteiger partial charge in [0.25, 0.3) is 0 Å². The Kier molecular flexibility index (Phi) is 6.13. The first-order valence-corrected chi connectivity index (χ1v) is 10.5. The largest absolute Gasteiger partial charge is 0.497 e. The Hall–Kier alpha value is -3.45. The maximum atomic E-state index is 12.6. The van der Waals surface area contributed by atoms with Crippen molar-refractivity contribution in [3.63, 3.8) is 0 Å². The van der Waals surface area contributed by atoms with E-state index in [0.717, 1.165) is 22.3 Å². The fraction of sp³-hybridized carbons (Fsp3) is 0.208. The van der Waals surface area contributed by atoms with E-state index in [1.807, 2.05) is 47.9 Å². The molecule has 0 saturated heterocycles. The molecule has 158 valence electrons. The predicted molar refractivity (Wildman–Crippen MR) is 125 cm³/mol. The van der Waals surface area contributed by atoms with Gasteiger partial charge in [0.1, 0.15) is 5.75 Å². The van der Waals surface area contributed by atoms with Crippen LogP contribution >= 0.6 is 12.2 Å². The van der Waals surface area contributed by atoms with Gasteiger partial charge in [0.15, 0.2) is 10.6 Å². The first kappa shape index (κ1) is 20.8. The number of hydrogen-bond acceptors (Lipinski definition) is 4. The van der Waals surface area contributed by atoms with Crippen LogP contribution in [0.1, 0.15) is 24.9 Å². The van der Waals surface area contributed by atoms with Crippen LogP contribution in [0.4, 0.5) is 0 Å². The lowest BCUT2D eigenvalue weighted by Crippen LogP contribution is -2.27. The highest BCUT2D eigenvalue weighted by molar-refractivity contribution is 7.71. The van der Waals surface area contributed by atoms with Gasteiger partial charge in [-0.2, -0.15) is 5.10 Å². The summed E-state index contributed by atoms with van der Waals surface area (Å²) in [7, 11) is 1.63. The minimum Gasteiger partial charge on any atom is -0.497 e. The topological polar surface area (TPSA) is 71.9 Å². The van der Waals surface area contributed by atoms with Crippen LogP contribution in [0.25, 0.3) is 22.2 Å². The molecular formula is C24H24N4O2S. The summed E-state index contributed by atoms with van der Waals surface area (Å²) < 4.78 is 7.54. The number of nitrogens with zero attached hydrogens (tertiary/aromatic N) is 2. The average molecular weight is 433 g/mol. The number of aromatic amines is 1. The minimum atomic E-state index is -0.0875. The van der Waals surface area contributed by atoms with Crippen molar-refractivity contribution in [3.05, 3.63) is 77.1 Å². The molecule has 7 heteroatoms. The third-order valence-corrected chi connectivity index (χ3v) is 5.63. The number of H-pyrrole nitrogens is 1. The van der Waals surface area contributed by atoms with Gasteiger partial charge >= 0.3 is 0 Å². The molecule has 0 saturated carbocycles. The lowest BCUT2D eigenvalue weighted by Gasteiger charge is -2.15. The van der Waals surface area contributed by atoms with Crippen LogP contribution in [0.5, 0.6) is 5.75 Å². The molecule has 1 unspecified atom stereocenters. The molecule has 6 nitrogen and oxygen atoms in total. The fourth-order valence-electron chi connectivity index (χ4n) is 3.57. The summed E-state index contributed by atoms with van der Waals surface area (Å²) in [5.74, 6) is 1.43. The van der Waals surface area contributed by atoms with Crippen LogP contribution in [0.3, 0.4) is 0 Å². The summed E-state index contributed by atoms with van der Waals surface area (Å²) in [6.45, 7) is 2.43. The number of benzene rings is 3. The Morgan fingerprint density at radius 2 is 1.87 bits per heavy atom. The molecule has 3 aromatic carbocycles. The summed E-state index contributed by atoms with van der Waals surface area (Å²) >= 11 is 5.37. The summed E-state index contributed by atoms with van der Waals surface area (Å²) in [6, 6.07) is 21.9. The Bertz CT molecular complexity index is 1260. The number of amides is 1. The molecule has 0 spiro atoms. The van der Waals surface area contributed by atoms with Crippen molar-refractivity contribution < 1.29 is 9.53 Å². The van der Waals surface area contributed by atoms with Crippen molar-refractivity contribution in [3.8, 4) is 17.1 Å². The Balaban J connectivity index is 1.42. The van der Waals surface area contributed by atoms with Crippen LogP contribution < -0.4 is 10.1 Å². The maximum absolute atomic E-state index is 12.6. The zero-order chi connectivity index (χ0) is 21.8. The molecule has 0 radical (unpaired) electrons. The number of fused-ring (bicyclic) bond motifs is 1. The third kappa shape index (κ3) is 4.67. The van der Waals surface area contributed by atoms with E-state index < -0.39 is 0 Å². The molecule has 4 aromatic rings. The SMILES string of the molecule is COc1ccc(-c2n[nH]c(=S)n2CCC(=O)NC(C)c2ccc3ccccc3c2)cc1. The minimum absolute atomic E-state index is 0.0376. The standard InChI is InChI=1S/C24H24N4O2S/c1-16(19-8-7-17-5-3-4-6-20(17)15-19)25-22(29)13-14-28-23(26-27-24(28)31)18-9-11-21(30-2)12-10-18/h3-12,15-16H,13-14H2,1-2H3,(H,25,29)(H,27,31). The highest BCUT2D eigenvalue weighted by atomic mass is 32.1. The molecule has 1 atom stereocenters. The average Bonchev–Trinajstić information content (AvgIpc) is 3.17. The molecule has 0 fully saturated rings. The maximum Gasteiger partial charge on any atom is 0.222 e. The van der Waals surface area contributed by atoms with Crippen molar-refractivity contribution in [2.45, 2.75) is 25.9 Å². The smallest absolute Gasteiger partial charge is 0.222 e. The van der Waals surface area contributed by atoms with Gasteiger partial charge in [-0.1, -0.05) is 36.4 Å². The summed E-state index contributed by atoms with van der Waals surface area (Å²) in [4.78, 5) is 12.6. The van der Waals surface area contributed by atoms with E-state index in [2.05, 4.69) is 45.8 Å². The fourth-order valence-corrected chi connectivity index (χ4v) is 3.80. The number of carbonyl (C=O) groups is 1. The van der Waals surface area contributed by atoms with E-state index in [-0.39, 0.29) is 11.9 Å². The van der Waals surface area contributed by atoms with E-state index in [1.54, 1.807) is 7.11 Å². The Labute approximate surface area is 185 Å². The summed E-state index contributed by atoms with van der Waals surface area (Å²) in [6.07, 6.45) is 0.301. The van der Waals surface area contributed by atoms with Gasteiger partial charge in [0.05, 0.1) is 13.2 Å². The number of rotatable bonds is 7. The van der Waals surface area contributed by atoms with Crippen LogP contribution in [0.2, 0.25) is 0 Å². The van der Waals surface area contributed by atoms with E-state index in [1.165, 1.54) is 5.39 Å². The number of nitrogens with one attached hydrogen (secondary N) is 2. The highest BCUT2D eigenvalue weighted by Crippen LogP contribution is 2.22. The Morgan fingerprint density at radius 1 is 1.13 bits per heavy atom. The molecular weight excluding hydrogens is 408 g/mol. The second kappa shape index (κ2) is 9.14. The molecule has 0 bridgehead atoms. The molecule has 2 N–H and O–H groups in total. The summed E-state index contributed by atoms with van der Waals surface area (Å²) in [5.41, 5.74) is 1.98. The first-order valence-electron chi connectivity index (χ1n) is 10.1. The molecule has 0 aliphatic heterocycles. The van der Waals surface area contributed by atoms with Crippen LogP contribution in [0.15, 0.2) is 66.7 Å². The zero-order valence-electron chi connectivity index (χ0n) is 17.5. The van der Waals surface area contributed by atoms with Gasteiger partial charge in [0.2, 0.25) is 5.91 Å². The monoisotopic (exact) mass is 432 g/mol. The molecule has 0 aliphatic carbocycles. The van der Waals surface area contributed by atoms with E-state index >= 15 is 0 Å². The number of ether oxygens (including phenoxy) is 1. The van der Waals surface area contributed by atoms with Gasteiger partial charge in [-0.15, -0.1) is 0 Å².